The summed E-state index contributed by atoms with van der Waals surface area (Å²) in [5.41, 5.74) is 1.24. The number of benzene rings is 2. The fraction of sp³-hybridized carbons (Fsp3) is 0.0588. The van der Waals surface area contributed by atoms with E-state index in [1.54, 1.807) is 18.2 Å². The van der Waals surface area contributed by atoms with Crippen LogP contribution in [0.1, 0.15) is 5.56 Å². The molecule has 4 rings (SSSR count). The largest absolute Gasteiger partial charge is 0.454 e. The summed E-state index contributed by atoms with van der Waals surface area (Å²) in [5.74, 6) is 1.02. The first kappa shape index (κ1) is 16.6. The van der Waals surface area contributed by atoms with Gasteiger partial charge in [-0.15, -0.1) is 0 Å². The van der Waals surface area contributed by atoms with Crippen LogP contribution in [0.4, 0.5) is 11.4 Å². The Bertz CT molecular complexity index is 972. The zero-order valence-corrected chi connectivity index (χ0v) is 14.7. The van der Waals surface area contributed by atoms with Gasteiger partial charge >= 0.3 is 0 Å². The van der Waals surface area contributed by atoms with Crippen LogP contribution in [0.15, 0.2) is 47.4 Å². The smallest absolute Gasteiger partial charge is 0.270 e. The first-order valence-corrected chi connectivity index (χ1v) is 8.67. The lowest BCUT2D eigenvalue weighted by atomic mass is 10.2. The molecule has 9 heteroatoms. The molecule has 2 aliphatic heterocycles. The van der Waals surface area contributed by atoms with Crippen LogP contribution >= 0.6 is 24.0 Å². The van der Waals surface area contributed by atoms with E-state index in [0.29, 0.717) is 26.4 Å². The summed E-state index contributed by atoms with van der Waals surface area (Å²) in [4.78, 5) is 24.8. The second-order valence-electron chi connectivity index (χ2n) is 5.40. The van der Waals surface area contributed by atoms with Crippen molar-refractivity contribution in [3.05, 3.63) is 63.0 Å². The maximum atomic E-state index is 12.7. The van der Waals surface area contributed by atoms with Crippen molar-refractivity contribution in [3.63, 3.8) is 0 Å². The van der Waals surface area contributed by atoms with Crippen molar-refractivity contribution in [2.45, 2.75) is 0 Å². The number of hydrogen-bond donors (Lipinski definition) is 0. The molecule has 2 aliphatic rings. The molecule has 0 N–H and O–H groups in total. The average Bonchev–Trinajstić information content (AvgIpc) is 3.19. The minimum Gasteiger partial charge on any atom is -0.454 e. The van der Waals surface area contributed by atoms with E-state index in [0.717, 1.165) is 5.56 Å². The molecule has 0 atom stereocenters. The van der Waals surface area contributed by atoms with E-state index in [-0.39, 0.29) is 18.4 Å². The number of thiocarbonyl (C=S) groups is 1. The number of fused-ring (bicyclic) bond motifs is 1. The van der Waals surface area contributed by atoms with Crippen molar-refractivity contribution in [3.8, 4) is 11.5 Å². The zero-order chi connectivity index (χ0) is 18.3. The number of hydrogen-bond acceptors (Lipinski definition) is 7. The third kappa shape index (κ3) is 2.91. The molecular weight excluding hydrogens is 376 g/mol. The minimum absolute atomic E-state index is 0.0462. The highest BCUT2D eigenvalue weighted by Crippen LogP contribution is 2.38. The van der Waals surface area contributed by atoms with Crippen molar-refractivity contribution >= 4 is 51.7 Å². The van der Waals surface area contributed by atoms with E-state index in [9.17, 15) is 14.9 Å². The van der Waals surface area contributed by atoms with Gasteiger partial charge in [-0.3, -0.25) is 19.8 Å². The van der Waals surface area contributed by atoms with Gasteiger partial charge in [0.25, 0.3) is 11.6 Å². The Hall–Kier alpha value is -2.91. The highest BCUT2D eigenvalue weighted by atomic mass is 32.2. The number of anilines is 1. The molecule has 0 aliphatic carbocycles. The normalized spacial score (nSPS) is 17.2. The monoisotopic (exact) mass is 386 g/mol. The lowest BCUT2D eigenvalue weighted by Crippen LogP contribution is -2.27. The highest BCUT2D eigenvalue weighted by molar-refractivity contribution is 8.27. The van der Waals surface area contributed by atoms with Gasteiger partial charge in [0.1, 0.15) is 0 Å². The Morgan fingerprint density at radius 1 is 1.15 bits per heavy atom. The Balaban J connectivity index is 1.61. The van der Waals surface area contributed by atoms with Crippen LogP contribution in [-0.2, 0) is 4.79 Å². The number of ether oxygens (including phenoxy) is 2. The van der Waals surface area contributed by atoms with Gasteiger partial charge in [-0.2, -0.15) is 0 Å². The number of nitrogens with zero attached hydrogens (tertiary/aromatic N) is 2. The van der Waals surface area contributed by atoms with E-state index in [4.69, 9.17) is 21.7 Å². The number of nitro groups is 1. The van der Waals surface area contributed by atoms with Crippen LogP contribution in [0.5, 0.6) is 11.5 Å². The summed E-state index contributed by atoms with van der Waals surface area (Å²) in [7, 11) is 0. The molecular formula is C17H10N2O5S2. The number of amides is 1. The summed E-state index contributed by atoms with van der Waals surface area (Å²) in [6.07, 6.45) is 1.73. The van der Waals surface area contributed by atoms with Crippen molar-refractivity contribution in [1.82, 2.24) is 0 Å². The third-order valence-corrected chi connectivity index (χ3v) is 5.11. The standard InChI is InChI=1S/C17H10N2O5S2/c20-16-15(8-10-1-6-13-14(7-10)24-9-23-13)26-17(25)18(16)11-2-4-12(5-3-11)19(21)22/h1-8H,9H2/b15-8-. The fourth-order valence-electron chi connectivity index (χ4n) is 2.57. The summed E-state index contributed by atoms with van der Waals surface area (Å²) >= 11 is 6.48. The van der Waals surface area contributed by atoms with Crippen LogP contribution in [-0.4, -0.2) is 21.9 Å². The number of carbonyl (C=O) groups is 1. The molecule has 2 aromatic carbocycles. The molecule has 1 fully saturated rings. The van der Waals surface area contributed by atoms with Gasteiger partial charge in [-0.25, -0.2) is 0 Å². The molecule has 0 unspecified atom stereocenters. The summed E-state index contributed by atoms with van der Waals surface area (Å²) < 4.78 is 11.0. The van der Waals surface area contributed by atoms with Gasteiger partial charge in [-0.1, -0.05) is 30.0 Å². The number of non-ortho nitro benzene ring substituents is 1. The molecule has 7 nitrogen and oxygen atoms in total. The van der Waals surface area contributed by atoms with Gasteiger partial charge in [0.05, 0.1) is 15.5 Å². The first-order chi connectivity index (χ1) is 12.5. The Labute approximate surface area is 157 Å². The topological polar surface area (TPSA) is 81.9 Å². The minimum atomic E-state index is -0.492. The van der Waals surface area contributed by atoms with Crippen molar-refractivity contribution in [2.24, 2.45) is 0 Å². The number of rotatable bonds is 3. The summed E-state index contributed by atoms with van der Waals surface area (Å²) in [6.45, 7) is 0.182. The molecule has 0 bridgehead atoms. The molecule has 0 spiro atoms. The number of nitro benzene ring substituents is 1. The van der Waals surface area contributed by atoms with E-state index in [1.807, 2.05) is 6.07 Å². The Kier molecular flexibility index (Phi) is 4.09. The first-order valence-electron chi connectivity index (χ1n) is 7.45. The van der Waals surface area contributed by atoms with E-state index < -0.39 is 4.92 Å². The predicted octanol–water partition coefficient (Wildman–Crippen LogP) is 3.73. The Morgan fingerprint density at radius 3 is 2.62 bits per heavy atom. The molecule has 2 heterocycles. The molecule has 0 radical (unpaired) electrons. The molecule has 1 saturated heterocycles. The quantitative estimate of drug-likeness (QED) is 0.344. The SMILES string of the molecule is O=C1/C(=C/c2ccc3c(c2)OCO3)SC(=S)N1c1ccc([N+](=O)[O-])cc1. The van der Waals surface area contributed by atoms with E-state index >= 15 is 0 Å². The van der Waals surface area contributed by atoms with Crippen LogP contribution in [0.25, 0.3) is 6.08 Å². The second kappa shape index (κ2) is 6.43. The van der Waals surface area contributed by atoms with E-state index in [1.165, 1.54) is 40.9 Å². The second-order valence-corrected chi connectivity index (χ2v) is 7.08. The molecule has 0 aromatic heterocycles. The highest BCUT2D eigenvalue weighted by Gasteiger charge is 2.33. The van der Waals surface area contributed by atoms with Gasteiger partial charge in [0, 0.05) is 12.1 Å². The molecule has 0 saturated carbocycles. The molecule has 26 heavy (non-hydrogen) atoms. The van der Waals surface area contributed by atoms with Crippen molar-refractivity contribution < 1.29 is 19.2 Å². The van der Waals surface area contributed by atoms with Gasteiger partial charge in [0.15, 0.2) is 15.8 Å². The molecule has 130 valence electrons. The maximum Gasteiger partial charge on any atom is 0.270 e. The fourth-order valence-corrected chi connectivity index (χ4v) is 3.87. The average molecular weight is 386 g/mol. The zero-order valence-electron chi connectivity index (χ0n) is 13.1. The van der Waals surface area contributed by atoms with Crippen molar-refractivity contribution in [1.29, 1.82) is 0 Å². The Morgan fingerprint density at radius 2 is 1.88 bits per heavy atom. The van der Waals surface area contributed by atoms with E-state index in [2.05, 4.69) is 0 Å². The maximum absolute atomic E-state index is 12.7. The van der Waals surface area contributed by atoms with Crippen LogP contribution < -0.4 is 14.4 Å². The molecule has 2 aromatic rings. The van der Waals surface area contributed by atoms with Gasteiger partial charge in [-0.05, 0) is 35.9 Å². The predicted molar refractivity (Wildman–Crippen MR) is 101 cm³/mol. The molecule has 1 amide bonds. The third-order valence-electron chi connectivity index (χ3n) is 3.81. The van der Waals surface area contributed by atoms with Crippen LogP contribution in [0.2, 0.25) is 0 Å². The summed E-state index contributed by atoms with van der Waals surface area (Å²) in [5, 5.41) is 10.8. The summed E-state index contributed by atoms with van der Waals surface area (Å²) in [6, 6.07) is 11.1. The lowest BCUT2D eigenvalue weighted by Gasteiger charge is -2.13. The lowest BCUT2D eigenvalue weighted by molar-refractivity contribution is -0.384. The van der Waals surface area contributed by atoms with Gasteiger partial charge in [0.2, 0.25) is 6.79 Å². The number of carbonyl (C=O) groups excluding carboxylic acids is 1. The van der Waals surface area contributed by atoms with Crippen LogP contribution in [0.3, 0.4) is 0 Å². The number of thioether (sulfide) groups is 1. The van der Waals surface area contributed by atoms with Crippen LogP contribution in [0, 0.1) is 10.1 Å². The van der Waals surface area contributed by atoms with Crippen molar-refractivity contribution in [2.75, 3.05) is 11.7 Å². The van der Waals surface area contributed by atoms with Gasteiger partial charge < -0.3 is 9.47 Å².